The molecule has 0 aromatic heterocycles. The molecule has 0 radical (unpaired) electrons. The van der Waals surface area contributed by atoms with E-state index in [4.69, 9.17) is 13.3 Å². The van der Waals surface area contributed by atoms with Crippen molar-refractivity contribution in [3.05, 3.63) is 0 Å². The Hall–Kier alpha value is 0.0969. The molecule has 1 saturated carbocycles. The first-order chi connectivity index (χ1) is 7.93. The van der Waals surface area contributed by atoms with Gasteiger partial charge in [-0.3, -0.25) is 0 Å². The van der Waals surface area contributed by atoms with Crippen molar-refractivity contribution in [2.24, 2.45) is 0 Å². The summed E-state index contributed by atoms with van der Waals surface area (Å²) in [6.07, 6.45) is 4.96. The average Bonchev–Trinajstić information content (AvgIpc) is 2.68. The second-order valence-electron chi connectivity index (χ2n) is 5.67. The minimum atomic E-state index is -2.50. The monoisotopic (exact) mass is 260 g/mol. The summed E-state index contributed by atoms with van der Waals surface area (Å²) in [5, 5.41) is 0. The quantitative estimate of drug-likeness (QED) is 0.681. The average molecular weight is 260 g/mol. The predicted molar refractivity (Wildman–Crippen MR) is 72.1 cm³/mol. The third-order valence-electron chi connectivity index (χ3n) is 2.99. The lowest BCUT2D eigenvalue weighted by Gasteiger charge is -2.38. The van der Waals surface area contributed by atoms with Gasteiger partial charge in [0.15, 0.2) is 0 Å². The summed E-state index contributed by atoms with van der Waals surface area (Å²) in [6, 6.07) is 0. The lowest BCUT2D eigenvalue weighted by Crippen LogP contribution is -2.53. The van der Waals surface area contributed by atoms with E-state index in [0.717, 1.165) is 0 Å². The van der Waals surface area contributed by atoms with Gasteiger partial charge in [-0.1, -0.05) is 12.8 Å². The van der Waals surface area contributed by atoms with Crippen molar-refractivity contribution >= 4 is 8.80 Å². The van der Waals surface area contributed by atoms with Crippen LogP contribution in [0.25, 0.3) is 0 Å². The molecule has 0 atom stereocenters. The molecule has 1 rings (SSSR count). The van der Waals surface area contributed by atoms with Gasteiger partial charge in [-0.2, -0.15) is 0 Å². The maximum atomic E-state index is 6.28. The Balaban J connectivity index is 2.84. The van der Waals surface area contributed by atoms with E-state index in [-0.39, 0.29) is 5.60 Å². The van der Waals surface area contributed by atoms with E-state index in [1.165, 1.54) is 25.7 Å². The van der Waals surface area contributed by atoms with Gasteiger partial charge in [-0.25, -0.2) is 0 Å². The molecule has 1 fully saturated rings. The van der Waals surface area contributed by atoms with Crippen molar-refractivity contribution in [2.75, 3.05) is 13.2 Å². The smallest absolute Gasteiger partial charge is 0.374 e. The van der Waals surface area contributed by atoms with Gasteiger partial charge in [-0.05, 0) is 47.5 Å². The highest BCUT2D eigenvalue weighted by Gasteiger charge is 2.52. The van der Waals surface area contributed by atoms with Crippen molar-refractivity contribution in [1.29, 1.82) is 0 Å². The van der Waals surface area contributed by atoms with Crippen LogP contribution in [-0.2, 0) is 13.3 Å². The van der Waals surface area contributed by atoms with Gasteiger partial charge in [0.25, 0.3) is 0 Å². The molecule has 0 saturated heterocycles. The normalized spacial score (nSPS) is 18.9. The molecule has 0 N–H and O–H groups in total. The molecule has 0 heterocycles. The van der Waals surface area contributed by atoms with Gasteiger partial charge in [0, 0.05) is 18.8 Å². The van der Waals surface area contributed by atoms with Crippen LogP contribution in [0.4, 0.5) is 0 Å². The van der Waals surface area contributed by atoms with Crippen molar-refractivity contribution in [1.82, 2.24) is 0 Å². The van der Waals surface area contributed by atoms with Crippen LogP contribution in [0.5, 0.6) is 0 Å². The lowest BCUT2D eigenvalue weighted by molar-refractivity contribution is -0.00768. The first kappa shape index (κ1) is 15.2. The zero-order chi connectivity index (χ0) is 12.9. The zero-order valence-electron chi connectivity index (χ0n) is 12.0. The topological polar surface area (TPSA) is 27.7 Å². The molecular formula is C13H28O3Si. The molecule has 0 spiro atoms. The van der Waals surface area contributed by atoms with Crippen molar-refractivity contribution < 1.29 is 13.3 Å². The largest absolute Gasteiger partial charge is 0.504 e. The maximum absolute atomic E-state index is 6.28. The Kier molecular flexibility index (Phi) is 5.63. The first-order valence-corrected chi connectivity index (χ1v) is 8.72. The molecule has 17 heavy (non-hydrogen) atoms. The molecule has 0 unspecified atom stereocenters. The Morgan fingerprint density at radius 1 is 1.00 bits per heavy atom. The molecule has 0 aromatic carbocycles. The molecule has 0 aliphatic heterocycles. The maximum Gasteiger partial charge on any atom is 0.504 e. The summed E-state index contributed by atoms with van der Waals surface area (Å²) >= 11 is 0. The third-order valence-corrected chi connectivity index (χ3v) is 6.85. The van der Waals surface area contributed by atoms with Crippen molar-refractivity contribution in [3.8, 4) is 0 Å². The number of hydrogen-bond acceptors (Lipinski definition) is 3. The van der Waals surface area contributed by atoms with Crippen LogP contribution < -0.4 is 0 Å². The van der Waals surface area contributed by atoms with Crippen LogP contribution >= 0.6 is 0 Å². The lowest BCUT2D eigenvalue weighted by atomic mass is 10.2. The van der Waals surface area contributed by atoms with Crippen LogP contribution in [-0.4, -0.2) is 27.6 Å². The molecular weight excluding hydrogens is 232 g/mol. The summed E-state index contributed by atoms with van der Waals surface area (Å²) in [7, 11) is -2.50. The molecule has 1 aliphatic carbocycles. The first-order valence-electron chi connectivity index (χ1n) is 6.91. The highest BCUT2D eigenvalue weighted by atomic mass is 28.4. The fourth-order valence-electron chi connectivity index (χ4n) is 2.53. The van der Waals surface area contributed by atoms with Gasteiger partial charge in [0.1, 0.15) is 0 Å². The van der Waals surface area contributed by atoms with E-state index >= 15 is 0 Å². The molecule has 3 nitrogen and oxygen atoms in total. The fourth-order valence-corrected chi connectivity index (χ4v) is 6.14. The second-order valence-corrected chi connectivity index (χ2v) is 8.47. The van der Waals surface area contributed by atoms with E-state index < -0.39 is 8.80 Å². The van der Waals surface area contributed by atoms with Crippen LogP contribution in [0.3, 0.4) is 0 Å². The van der Waals surface area contributed by atoms with E-state index in [1.54, 1.807) is 0 Å². The minimum absolute atomic E-state index is 0.195. The zero-order valence-corrected chi connectivity index (χ0v) is 13.0. The van der Waals surface area contributed by atoms with E-state index in [2.05, 4.69) is 20.8 Å². The summed E-state index contributed by atoms with van der Waals surface area (Å²) in [5.74, 6) is 0. The summed E-state index contributed by atoms with van der Waals surface area (Å²) in [6.45, 7) is 11.7. The molecule has 0 amide bonds. The molecule has 0 aromatic rings. The van der Waals surface area contributed by atoms with Crippen molar-refractivity contribution in [2.45, 2.75) is 71.4 Å². The van der Waals surface area contributed by atoms with Gasteiger partial charge in [0.2, 0.25) is 0 Å². The highest BCUT2D eigenvalue weighted by molar-refractivity contribution is 6.62. The highest BCUT2D eigenvalue weighted by Crippen LogP contribution is 2.41. The van der Waals surface area contributed by atoms with Crippen LogP contribution in [0.15, 0.2) is 0 Å². The van der Waals surface area contributed by atoms with Gasteiger partial charge in [-0.15, -0.1) is 0 Å². The second kappa shape index (κ2) is 6.32. The van der Waals surface area contributed by atoms with Crippen LogP contribution in [0, 0.1) is 0 Å². The summed E-state index contributed by atoms with van der Waals surface area (Å²) in [5.41, 5.74) is 0.306. The van der Waals surface area contributed by atoms with E-state index in [0.29, 0.717) is 18.8 Å². The molecule has 0 bridgehead atoms. The van der Waals surface area contributed by atoms with Crippen LogP contribution in [0.1, 0.15) is 60.3 Å². The summed E-state index contributed by atoms with van der Waals surface area (Å²) < 4.78 is 18.3. The number of hydrogen-bond donors (Lipinski definition) is 0. The van der Waals surface area contributed by atoms with Crippen LogP contribution in [0.2, 0.25) is 5.54 Å². The Labute approximate surface area is 107 Å². The SMILES string of the molecule is CCO[Si](OCC)(OC(C)(C)C)C1CCCC1. The Morgan fingerprint density at radius 2 is 1.47 bits per heavy atom. The minimum Gasteiger partial charge on any atom is -0.374 e. The van der Waals surface area contributed by atoms with Crippen molar-refractivity contribution in [3.63, 3.8) is 0 Å². The standard InChI is InChI=1S/C13H28O3Si/c1-6-14-17(15-7-2,16-13(3,4)5)12-10-8-9-11-12/h12H,6-11H2,1-5H3. The van der Waals surface area contributed by atoms with Gasteiger partial charge >= 0.3 is 8.80 Å². The van der Waals surface area contributed by atoms with Gasteiger partial charge < -0.3 is 13.3 Å². The summed E-state index contributed by atoms with van der Waals surface area (Å²) in [4.78, 5) is 0. The van der Waals surface area contributed by atoms with E-state index in [1.807, 2.05) is 13.8 Å². The third kappa shape index (κ3) is 4.36. The predicted octanol–water partition coefficient (Wildman–Crippen LogP) is 3.76. The Morgan fingerprint density at radius 3 is 1.82 bits per heavy atom. The molecule has 4 heteroatoms. The fraction of sp³-hybridized carbons (Fsp3) is 1.00. The Bertz CT molecular complexity index is 213. The van der Waals surface area contributed by atoms with E-state index in [9.17, 15) is 0 Å². The molecule has 1 aliphatic rings. The number of rotatable bonds is 6. The van der Waals surface area contributed by atoms with Gasteiger partial charge in [0.05, 0.1) is 5.60 Å². The molecule has 102 valence electrons.